The zero-order valence-corrected chi connectivity index (χ0v) is 16.7. The monoisotopic (exact) mass is 369 g/mol. The quantitative estimate of drug-likeness (QED) is 0.625. The van der Waals surface area contributed by atoms with E-state index >= 15 is 0 Å². The molecule has 0 unspecified atom stereocenters. The predicted octanol–water partition coefficient (Wildman–Crippen LogP) is 2.22. The SMILES string of the molecule is CCNC(=NCc1nccn1CC(C)C)N1CCN(c2ccccn2)CC1. The summed E-state index contributed by atoms with van der Waals surface area (Å²) in [7, 11) is 0. The largest absolute Gasteiger partial charge is 0.357 e. The van der Waals surface area contributed by atoms with E-state index in [2.05, 4.69) is 56.5 Å². The van der Waals surface area contributed by atoms with Crippen molar-refractivity contribution in [2.75, 3.05) is 37.6 Å². The third kappa shape index (κ3) is 5.21. The molecule has 1 N–H and O–H groups in total. The minimum atomic E-state index is 0.592. The number of imidazole rings is 1. The molecule has 1 saturated heterocycles. The van der Waals surface area contributed by atoms with Crippen LogP contribution in [0.1, 0.15) is 26.6 Å². The van der Waals surface area contributed by atoms with Crippen LogP contribution >= 0.6 is 0 Å². The van der Waals surface area contributed by atoms with Crippen molar-refractivity contribution in [3.63, 3.8) is 0 Å². The maximum absolute atomic E-state index is 4.86. The van der Waals surface area contributed by atoms with Crippen LogP contribution in [-0.2, 0) is 13.1 Å². The van der Waals surface area contributed by atoms with Crippen LogP contribution in [0.25, 0.3) is 0 Å². The fourth-order valence-corrected chi connectivity index (χ4v) is 3.31. The van der Waals surface area contributed by atoms with Gasteiger partial charge in [0.15, 0.2) is 5.96 Å². The third-order valence-electron chi connectivity index (χ3n) is 4.62. The van der Waals surface area contributed by atoms with Crippen molar-refractivity contribution in [1.29, 1.82) is 0 Å². The smallest absolute Gasteiger partial charge is 0.194 e. The first-order chi connectivity index (χ1) is 13.2. The third-order valence-corrected chi connectivity index (χ3v) is 4.62. The summed E-state index contributed by atoms with van der Waals surface area (Å²) < 4.78 is 2.21. The van der Waals surface area contributed by atoms with Gasteiger partial charge in [-0.3, -0.25) is 0 Å². The second-order valence-corrected chi connectivity index (χ2v) is 7.22. The number of nitrogens with one attached hydrogen (secondary N) is 1. The lowest BCUT2D eigenvalue weighted by molar-refractivity contribution is 0.371. The molecule has 7 nitrogen and oxygen atoms in total. The number of pyridine rings is 1. The van der Waals surface area contributed by atoms with Crippen LogP contribution in [0.15, 0.2) is 41.8 Å². The normalized spacial score (nSPS) is 15.5. The van der Waals surface area contributed by atoms with Crippen molar-refractivity contribution in [3.8, 4) is 0 Å². The van der Waals surface area contributed by atoms with Crippen LogP contribution in [-0.4, -0.2) is 58.1 Å². The average molecular weight is 370 g/mol. The molecule has 27 heavy (non-hydrogen) atoms. The van der Waals surface area contributed by atoms with Gasteiger partial charge in [0.2, 0.25) is 0 Å². The molecular formula is C20H31N7. The van der Waals surface area contributed by atoms with Crippen LogP contribution in [0.4, 0.5) is 5.82 Å². The Labute approximate surface area is 162 Å². The number of guanidine groups is 1. The molecule has 0 amide bonds. The average Bonchev–Trinajstić information content (AvgIpc) is 3.12. The number of hydrogen-bond acceptors (Lipinski definition) is 4. The molecule has 0 saturated carbocycles. The summed E-state index contributed by atoms with van der Waals surface area (Å²) in [5.74, 6) is 3.63. The van der Waals surface area contributed by atoms with Gasteiger partial charge < -0.3 is 19.7 Å². The molecular weight excluding hydrogens is 338 g/mol. The zero-order chi connectivity index (χ0) is 19.1. The summed E-state index contributed by atoms with van der Waals surface area (Å²) in [4.78, 5) is 18.5. The fourth-order valence-electron chi connectivity index (χ4n) is 3.31. The minimum Gasteiger partial charge on any atom is -0.357 e. The standard InChI is InChI=1S/C20H31N7/c1-4-21-20(24-15-19-23-9-10-27(19)16-17(2)3)26-13-11-25(12-14-26)18-7-5-6-8-22-18/h5-10,17H,4,11-16H2,1-3H3,(H,21,24). The van der Waals surface area contributed by atoms with E-state index in [1.54, 1.807) is 0 Å². The molecule has 0 atom stereocenters. The van der Waals surface area contributed by atoms with E-state index in [9.17, 15) is 0 Å². The van der Waals surface area contributed by atoms with Crippen molar-refractivity contribution in [2.45, 2.75) is 33.9 Å². The van der Waals surface area contributed by atoms with E-state index < -0.39 is 0 Å². The van der Waals surface area contributed by atoms with Crippen LogP contribution in [0.2, 0.25) is 0 Å². The van der Waals surface area contributed by atoms with E-state index in [0.29, 0.717) is 12.5 Å². The van der Waals surface area contributed by atoms with E-state index in [1.165, 1.54) is 0 Å². The Bertz CT molecular complexity index is 715. The zero-order valence-electron chi connectivity index (χ0n) is 16.7. The Morgan fingerprint density at radius 2 is 1.96 bits per heavy atom. The molecule has 0 spiro atoms. The summed E-state index contributed by atoms with van der Waals surface area (Å²) in [6.45, 7) is 12.8. The predicted molar refractivity (Wildman–Crippen MR) is 110 cm³/mol. The molecule has 2 aromatic heterocycles. The Hall–Kier alpha value is -2.57. The first-order valence-corrected chi connectivity index (χ1v) is 9.86. The molecule has 1 aliphatic heterocycles. The number of nitrogens with zero attached hydrogens (tertiary/aromatic N) is 6. The van der Waals surface area contributed by atoms with Crippen molar-refractivity contribution in [3.05, 3.63) is 42.6 Å². The molecule has 1 fully saturated rings. The van der Waals surface area contributed by atoms with Crippen LogP contribution in [0.5, 0.6) is 0 Å². The number of hydrogen-bond donors (Lipinski definition) is 1. The van der Waals surface area contributed by atoms with Gasteiger partial charge in [0, 0.05) is 57.9 Å². The molecule has 0 bridgehead atoms. The first-order valence-electron chi connectivity index (χ1n) is 9.86. The lowest BCUT2D eigenvalue weighted by Gasteiger charge is -2.37. The summed E-state index contributed by atoms with van der Waals surface area (Å²) in [5, 5.41) is 3.43. The molecule has 146 valence electrons. The Morgan fingerprint density at radius 1 is 1.15 bits per heavy atom. The lowest BCUT2D eigenvalue weighted by atomic mass is 10.2. The van der Waals surface area contributed by atoms with Crippen molar-refractivity contribution in [2.24, 2.45) is 10.9 Å². The first kappa shape index (κ1) is 19.2. The van der Waals surface area contributed by atoms with Gasteiger partial charge in [0.05, 0.1) is 0 Å². The van der Waals surface area contributed by atoms with Gasteiger partial charge in [0.1, 0.15) is 18.2 Å². The Kier molecular flexibility index (Phi) is 6.68. The van der Waals surface area contributed by atoms with Gasteiger partial charge >= 0.3 is 0 Å². The number of piperazine rings is 1. The lowest BCUT2D eigenvalue weighted by Crippen LogP contribution is -2.52. The Morgan fingerprint density at radius 3 is 2.63 bits per heavy atom. The summed E-state index contributed by atoms with van der Waals surface area (Å²) in [6.07, 6.45) is 5.77. The highest BCUT2D eigenvalue weighted by Crippen LogP contribution is 2.13. The second kappa shape index (κ2) is 9.39. The molecule has 0 aromatic carbocycles. The Balaban J connectivity index is 1.62. The topological polar surface area (TPSA) is 61.6 Å². The van der Waals surface area contributed by atoms with Crippen LogP contribution in [0.3, 0.4) is 0 Å². The number of rotatable bonds is 6. The summed E-state index contributed by atoms with van der Waals surface area (Å²) in [5.41, 5.74) is 0. The van der Waals surface area contributed by atoms with Crippen molar-refractivity contribution < 1.29 is 0 Å². The van der Waals surface area contributed by atoms with E-state index in [0.717, 1.165) is 56.9 Å². The van der Waals surface area contributed by atoms with Gasteiger partial charge in [-0.25, -0.2) is 15.0 Å². The maximum atomic E-state index is 4.86. The van der Waals surface area contributed by atoms with Crippen LogP contribution < -0.4 is 10.2 Å². The summed E-state index contributed by atoms with van der Waals surface area (Å²) >= 11 is 0. The van der Waals surface area contributed by atoms with E-state index in [4.69, 9.17) is 4.99 Å². The molecule has 0 aliphatic carbocycles. The fraction of sp³-hybridized carbons (Fsp3) is 0.550. The number of anilines is 1. The van der Waals surface area contributed by atoms with E-state index in [1.807, 2.05) is 30.7 Å². The number of aromatic nitrogens is 3. The highest BCUT2D eigenvalue weighted by molar-refractivity contribution is 5.80. The molecule has 2 aromatic rings. The van der Waals surface area contributed by atoms with Gasteiger partial charge in [0.25, 0.3) is 0 Å². The minimum absolute atomic E-state index is 0.592. The molecule has 3 rings (SSSR count). The van der Waals surface area contributed by atoms with E-state index in [-0.39, 0.29) is 0 Å². The van der Waals surface area contributed by atoms with Gasteiger partial charge in [-0.15, -0.1) is 0 Å². The maximum Gasteiger partial charge on any atom is 0.194 e. The second-order valence-electron chi connectivity index (χ2n) is 7.22. The molecule has 1 aliphatic rings. The van der Waals surface area contributed by atoms with Gasteiger partial charge in [-0.1, -0.05) is 19.9 Å². The van der Waals surface area contributed by atoms with Crippen molar-refractivity contribution >= 4 is 11.8 Å². The molecule has 3 heterocycles. The number of aliphatic imine (C=N–C) groups is 1. The van der Waals surface area contributed by atoms with Gasteiger partial charge in [-0.05, 0) is 25.0 Å². The highest BCUT2D eigenvalue weighted by atomic mass is 15.4. The molecule has 7 heteroatoms. The summed E-state index contributed by atoms with van der Waals surface area (Å²) in [6, 6.07) is 6.07. The molecule has 0 radical (unpaired) electrons. The van der Waals surface area contributed by atoms with Gasteiger partial charge in [-0.2, -0.15) is 0 Å². The highest BCUT2D eigenvalue weighted by Gasteiger charge is 2.20. The van der Waals surface area contributed by atoms with Crippen molar-refractivity contribution in [1.82, 2.24) is 24.8 Å². The van der Waals surface area contributed by atoms with Crippen LogP contribution in [0, 0.1) is 5.92 Å².